The summed E-state index contributed by atoms with van der Waals surface area (Å²) in [4.78, 5) is 21.1. The fourth-order valence-corrected chi connectivity index (χ4v) is 0.826. The summed E-state index contributed by atoms with van der Waals surface area (Å²) in [6.07, 6.45) is 1.66. The van der Waals surface area contributed by atoms with Gasteiger partial charge in [0.05, 0.1) is 5.71 Å². The van der Waals surface area contributed by atoms with Crippen LogP contribution in [-0.2, 0) is 9.59 Å². The Morgan fingerprint density at radius 3 is 2.07 bits per heavy atom. The fourth-order valence-electron chi connectivity index (χ4n) is 0.826. The van der Waals surface area contributed by atoms with Crippen LogP contribution in [0.1, 0.15) is 27.7 Å². The molecule has 0 saturated heterocycles. The number of hydrogen-bond acceptors (Lipinski definition) is 3. The summed E-state index contributed by atoms with van der Waals surface area (Å²) in [5.41, 5.74) is 3.60. The van der Waals surface area contributed by atoms with Crippen molar-refractivity contribution in [3.8, 4) is 0 Å². The second-order valence-corrected chi connectivity index (χ2v) is 2.93. The lowest BCUT2D eigenvalue weighted by Gasteiger charge is -2.01. The first-order valence-corrected chi connectivity index (χ1v) is 4.18. The van der Waals surface area contributed by atoms with E-state index in [4.69, 9.17) is 0 Å². The Labute approximate surface area is 83.3 Å². The monoisotopic (exact) mass is 197 g/mol. The second kappa shape index (κ2) is 5.90. The highest BCUT2D eigenvalue weighted by Crippen LogP contribution is 1.88. The Bertz CT molecular complexity index is 292. The number of hydrazone groups is 1. The number of carbonyl (C=O) groups excluding carboxylic acids is 2. The summed E-state index contributed by atoms with van der Waals surface area (Å²) in [6, 6.07) is 0. The summed E-state index contributed by atoms with van der Waals surface area (Å²) in [7, 11) is 0. The van der Waals surface area contributed by atoms with E-state index in [9.17, 15) is 9.59 Å². The van der Waals surface area contributed by atoms with Gasteiger partial charge in [-0.2, -0.15) is 5.10 Å². The predicted octanol–water partition coefficient (Wildman–Crippen LogP) is 0.538. The molecule has 0 aromatic rings. The minimum atomic E-state index is -0.227. The molecule has 2 amide bonds. The molecule has 0 atom stereocenters. The van der Waals surface area contributed by atoms with Gasteiger partial charge >= 0.3 is 0 Å². The van der Waals surface area contributed by atoms with Crippen molar-refractivity contribution in [3.63, 3.8) is 0 Å². The first kappa shape index (κ1) is 12.3. The van der Waals surface area contributed by atoms with E-state index in [0.717, 1.165) is 0 Å². The lowest BCUT2D eigenvalue weighted by molar-refractivity contribution is -0.119. The maximum Gasteiger partial charge on any atom is 0.236 e. The average Bonchev–Trinajstić information content (AvgIpc) is 1.98. The van der Waals surface area contributed by atoms with Crippen molar-refractivity contribution in [3.05, 3.63) is 11.8 Å². The van der Waals surface area contributed by atoms with Crippen molar-refractivity contribution in [1.29, 1.82) is 0 Å². The smallest absolute Gasteiger partial charge is 0.236 e. The Balaban J connectivity index is 4.26. The van der Waals surface area contributed by atoms with Crippen molar-refractivity contribution >= 4 is 17.5 Å². The molecule has 78 valence electrons. The first-order chi connectivity index (χ1) is 6.41. The summed E-state index contributed by atoms with van der Waals surface area (Å²) in [5.74, 6) is -0.360. The zero-order chi connectivity index (χ0) is 11.1. The molecule has 0 aliphatic carbocycles. The van der Waals surface area contributed by atoms with Gasteiger partial charge in [-0.3, -0.25) is 9.59 Å². The molecule has 0 aliphatic rings. The van der Waals surface area contributed by atoms with Gasteiger partial charge in [-0.05, 0) is 19.9 Å². The molecule has 0 radical (unpaired) electrons. The van der Waals surface area contributed by atoms with Gasteiger partial charge in [0.1, 0.15) is 0 Å². The SMILES string of the molecule is CC(=O)N/N=C(C)/C=C(\C)NC(C)=O. The predicted molar refractivity (Wildman–Crippen MR) is 54.5 cm³/mol. The zero-order valence-corrected chi connectivity index (χ0v) is 8.84. The molecule has 0 heterocycles. The molecule has 5 nitrogen and oxygen atoms in total. The largest absolute Gasteiger partial charge is 0.330 e. The van der Waals surface area contributed by atoms with Crippen LogP contribution < -0.4 is 10.7 Å². The van der Waals surface area contributed by atoms with E-state index >= 15 is 0 Å². The molecule has 0 bridgehead atoms. The average molecular weight is 197 g/mol. The van der Waals surface area contributed by atoms with Crippen molar-refractivity contribution in [2.45, 2.75) is 27.7 Å². The van der Waals surface area contributed by atoms with Gasteiger partial charge in [0, 0.05) is 19.5 Å². The number of amides is 2. The van der Waals surface area contributed by atoms with Crippen LogP contribution in [-0.4, -0.2) is 17.5 Å². The first-order valence-electron chi connectivity index (χ1n) is 4.18. The maximum absolute atomic E-state index is 10.6. The normalized spacial score (nSPS) is 12.3. The number of nitrogens with one attached hydrogen (secondary N) is 2. The third-order valence-corrected chi connectivity index (χ3v) is 1.19. The Hall–Kier alpha value is -1.65. The second-order valence-electron chi connectivity index (χ2n) is 2.93. The third kappa shape index (κ3) is 7.02. The summed E-state index contributed by atoms with van der Waals surface area (Å²) in [6.45, 7) is 6.27. The lowest BCUT2D eigenvalue weighted by Crippen LogP contribution is -2.18. The van der Waals surface area contributed by atoms with Gasteiger partial charge in [0.15, 0.2) is 0 Å². The highest BCUT2D eigenvalue weighted by atomic mass is 16.2. The number of allylic oxidation sites excluding steroid dienone is 2. The highest BCUT2D eigenvalue weighted by Gasteiger charge is 1.93. The van der Waals surface area contributed by atoms with Gasteiger partial charge in [-0.1, -0.05) is 0 Å². The molecule has 14 heavy (non-hydrogen) atoms. The number of nitrogens with zero attached hydrogens (tertiary/aromatic N) is 1. The maximum atomic E-state index is 10.6. The minimum Gasteiger partial charge on any atom is -0.330 e. The van der Waals surface area contributed by atoms with E-state index in [1.165, 1.54) is 13.8 Å². The van der Waals surface area contributed by atoms with Crippen molar-refractivity contribution < 1.29 is 9.59 Å². The van der Waals surface area contributed by atoms with Crippen LogP contribution in [0.15, 0.2) is 16.9 Å². The van der Waals surface area contributed by atoms with Gasteiger partial charge < -0.3 is 5.32 Å². The van der Waals surface area contributed by atoms with Crippen LogP contribution in [0.2, 0.25) is 0 Å². The molecule has 0 fully saturated rings. The van der Waals surface area contributed by atoms with E-state index in [0.29, 0.717) is 11.4 Å². The van der Waals surface area contributed by atoms with Crippen molar-refractivity contribution in [1.82, 2.24) is 10.7 Å². The van der Waals surface area contributed by atoms with E-state index in [1.54, 1.807) is 19.9 Å². The van der Waals surface area contributed by atoms with E-state index in [1.807, 2.05) is 0 Å². The summed E-state index contributed by atoms with van der Waals surface area (Å²) in [5, 5.41) is 6.35. The van der Waals surface area contributed by atoms with Gasteiger partial charge in [0.2, 0.25) is 11.8 Å². The van der Waals surface area contributed by atoms with Crippen molar-refractivity contribution in [2.24, 2.45) is 5.10 Å². The Morgan fingerprint density at radius 2 is 1.64 bits per heavy atom. The Morgan fingerprint density at radius 1 is 1.07 bits per heavy atom. The molecule has 0 unspecified atom stereocenters. The topological polar surface area (TPSA) is 70.6 Å². The quantitative estimate of drug-likeness (QED) is 0.512. The van der Waals surface area contributed by atoms with Crippen LogP contribution in [0, 0.1) is 0 Å². The summed E-state index contributed by atoms with van der Waals surface area (Å²) < 4.78 is 0. The molecule has 0 spiro atoms. The number of carbonyl (C=O) groups is 2. The lowest BCUT2D eigenvalue weighted by atomic mass is 10.3. The van der Waals surface area contributed by atoms with Crippen LogP contribution in [0.3, 0.4) is 0 Å². The molecule has 0 aliphatic heterocycles. The Kier molecular flexibility index (Phi) is 5.21. The molecular weight excluding hydrogens is 182 g/mol. The third-order valence-electron chi connectivity index (χ3n) is 1.19. The summed E-state index contributed by atoms with van der Waals surface area (Å²) >= 11 is 0. The minimum absolute atomic E-state index is 0.133. The van der Waals surface area contributed by atoms with E-state index in [2.05, 4.69) is 15.8 Å². The molecule has 0 saturated carbocycles. The van der Waals surface area contributed by atoms with Gasteiger partial charge in [-0.15, -0.1) is 0 Å². The van der Waals surface area contributed by atoms with Crippen LogP contribution in [0.5, 0.6) is 0 Å². The van der Waals surface area contributed by atoms with Crippen molar-refractivity contribution in [2.75, 3.05) is 0 Å². The zero-order valence-electron chi connectivity index (χ0n) is 8.84. The molecular formula is C9H15N3O2. The fraction of sp³-hybridized carbons (Fsp3) is 0.444. The standard InChI is InChI=1S/C9H15N3O2/c1-6(10-8(3)13)5-7(2)11-12-9(4)14/h5H,1-4H3,(H,10,13)(H,12,14)/b6-5+,11-7+. The van der Waals surface area contributed by atoms with E-state index < -0.39 is 0 Å². The molecule has 5 heteroatoms. The highest BCUT2D eigenvalue weighted by molar-refractivity contribution is 5.94. The van der Waals surface area contributed by atoms with Crippen LogP contribution in [0.4, 0.5) is 0 Å². The van der Waals surface area contributed by atoms with Gasteiger partial charge in [-0.25, -0.2) is 5.43 Å². The van der Waals surface area contributed by atoms with Gasteiger partial charge in [0.25, 0.3) is 0 Å². The molecule has 0 rings (SSSR count). The number of hydrogen-bond donors (Lipinski definition) is 2. The molecule has 2 N–H and O–H groups in total. The molecule has 0 aromatic heterocycles. The van der Waals surface area contributed by atoms with E-state index in [-0.39, 0.29) is 11.8 Å². The molecule has 0 aromatic carbocycles. The van der Waals surface area contributed by atoms with Crippen LogP contribution >= 0.6 is 0 Å². The number of rotatable bonds is 3. The van der Waals surface area contributed by atoms with Crippen LogP contribution in [0.25, 0.3) is 0 Å².